The second-order valence-corrected chi connectivity index (χ2v) is 9.34. The molecule has 1 aliphatic carbocycles. The van der Waals surface area contributed by atoms with Gasteiger partial charge in [-0.1, -0.05) is 6.42 Å². The third-order valence-corrected chi connectivity index (χ3v) is 7.54. The minimum atomic E-state index is -0.297. The maximum atomic E-state index is 12.0. The molecule has 4 heterocycles. The second-order valence-electron chi connectivity index (χ2n) is 9.34. The van der Waals surface area contributed by atoms with Gasteiger partial charge in [0.2, 0.25) is 5.88 Å². The second kappa shape index (κ2) is 8.25. The van der Waals surface area contributed by atoms with Gasteiger partial charge in [-0.2, -0.15) is 0 Å². The van der Waals surface area contributed by atoms with Crippen molar-refractivity contribution in [2.45, 2.75) is 69.6 Å². The van der Waals surface area contributed by atoms with Gasteiger partial charge in [0.1, 0.15) is 11.7 Å². The average Bonchev–Trinajstić information content (AvgIpc) is 3.04. The van der Waals surface area contributed by atoms with E-state index in [2.05, 4.69) is 20.9 Å². The molecule has 0 N–H and O–H groups in total. The maximum absolute atomic E-state index is 12.0. The van der Waals surface area contributed by atoms with Gasteiger partial charge >= 0.3 is 6.09 Å². The van der Waals surface area contributed by atoms with Gasteiger partial charge in [0, 0.05) is 57.7 Å². The Morgan fingerprint density at radius 2 is 1.90 bits per heavy atom. The number of aromatic nitrogens is 1. The first-order chi connectivity index (χ1) is 14.6. The number of nitrogens with zero attached hydrogens (tertiary/aromatic N) is 4. The van der Waals surface area contributed by atoms with E-state index in [0.29, 0.717) is 0 Å². The van der Waals surface area contributed by atoms with Crippen molar-refractivity contribution in [2.75, 3.05) is 44.2 Å². The Hall–Kier alpha value is -2.02. The van der Waals surface area contributed by atoms with Gasteiger partial charge in [0.15, 0.2) is 0 Å². The summed E-state index contributed by atoms with van der Waals surface area (Å²) in [5.41, 5.74) is 0.822. The molecule has 0 atom stereocenters. The minimum absolute atomic E-state index is 0.160. The number of ether oxygens (including phenoxy) is 2. The lowest BCUT2D eigenvalue weighted by molar-refractivity contribution is 0.0366. The number of hydrogen-bond acceptors (Lipinski definition) is 6. The van der Waals surface area contributed by atoms with Crippen molar-refractivity contribution < 1.29 is 14.3 Å². The van der Waals surface area contributed by atoms with Crippen LogP contribution >= 0.6 is 0 Å². The van der Waals surface area contributed by atoms with Crippen LogP contribution in [0.2, 0.25) is 0 Å². The zero-order valence-electron chi connectivity index (χ0n) is 18.1. The first-order valence-corrected chi connectivity index (χ1v) is 11.7. The van der Waals surface area contributed by atoms with Crippen molar-refractivity contribution in [3.05, 3.63) is 18.3 Å². The van der Waals surface area contributed by atoms with Crippen LogP contribution in [0.5, 0.6) is 5.88 Å². The third-order valence-electron chi connectivity index (χ3n) is 7.54. The Balaban J connectivity index is 1.11. The number of likely N-dealkylation sites (tertiary alicyclic amines) is 1. The SMILES string of the molecule is CCN1CC2(CCN(c3ccc(OC4CCN(C5CCC5)CC4)nc3)CC2)OC1=O. The number of anilines is 1. The normalized spacial score (nSPS) is 25.4. The van der Waals surface area contributed by atoms with Crippen LogP contribution < -0.4 is 9.64 Å². The van der Waals surface area contributed by atoms with Crippen LogP contribution in [0.1, 0.15) is 51.9 Å². The molecule has 1 saturated carbocycles. The van der Waals surface area contributed by atoms with Gasteiger partial charge in [-0.05, 0) is 38.7 Å². The molecule has 4 aliphatic rings. The van der Waals surface area contributed by atoms with E-state index in [1.807, 2.05) is 19.2 Å². The molecule has 30 heavy (non-hydrogen) atoms. The number of amides is 1. The summed E-state index contributed by atoms with van der Waals surface area (Å²) in [5.74, 6) is 0.734. The van der Waals surface area contributed by atoms with E-state index in [1.165, 1.54) is 19.3 Å². The zero-order chi connectivity index (χ0) is 20.6. The third kappa shape index (κ3) is 3.96. The molecule has 0 unspecified atom stereocenters. The van der Waals surface area contributed by atoms with Gasteiger partial charge in [0.05, 0.1) is 18.4 Å². The first kappa shape index (κ1) is 19.9. The average molecular weight is 415 g/mol. The molecule has 0 aromatic carbocycles. The van der Waals surface area contributed by atoms with E-state index in [9.17, 15) is 4.79 Å². The molecule has 7 heteroatoms. The van der Waals surface area contributed by atoms with Crippen molar-refractivity contribution in [1.29, 1.82) is 0 Å². The summed E-state index contributed by atoms with van der Waals surface area (Å²) < 4.78 is 11.9. The Bertz CT molecular complexity index is 735. The van der Waals surface area contributed by atoms with E-state index in [-0.39, 0.29) is 17.8 Å². The highest BCUT2D eigenvalue weighted by molar-refractivity contribution is 5.70. The fourth-order valence-corrected chi connectivity index (χ4v) is 5.28. The summed E-state index contributed by atoms with van der Waals surface area (Å²) in [6, 6.07) is 4.96. The van der Waals surface area contributed by atoms with Crippen LogP contribution in [-0.2, 0) is 4.74 Å². The summed E-state index contributed by atoms with van der Waals surface area (Å²) in [4.78, 5) is 23.3. The monoisotopic (exact) mass is 414 g/mol. The van der Waals surface area contributed by atoms with E-state index >= 15 is 0 Å². The molecular formula is C23H34N4O3. The molecular weight excluding hydrogens is 380 g/mol. The molecule has 5 rings (SSSR count). The van der Waals surface area contributed by atoms with Crippen LogP contribution in [0.15, 0.2) is 18.3 Å². The summed E-state index contributed by atoms with van der Waals surface area (Å²) in [7, 11) is 0. The van der Waals surface area contributed by atoms with Crippen molar-refractivity contribution in [3.8, 4) is 5.88 Å². The van der Waals surface area contributed by atoms with E-state index in [1.54, 1.807) is 4.90 Å². The van der Waals surface area contributed by atoms with E-state index in [0.717, 1.165) is 82.6 Å². The number of rotatable bonds is 5. The number of hydrogen-bond donors (Lipinski definition) is 0. The smallest absolute Gasteiger partial charge is 0.410 e. The molecule has 1 amide bonds. The van der Waals surface area contributed by atoms with Crippen LogP contribution in [0.25, 0.3) is 0 Å². The van der Waals surface area contributed by atoms with Crippen LogP contribution in [-0.4, -0.2) is 77.9 Å². The highest BCUT2D eigenvalue weighted by Crippen LogP contribution is 2.35. The summed E-state index contributed by atoms with van der Waals surface area (Å²) in [5, 5.41) is 0. The molecule has 1 aromatic rings. The van der Waals surface area contributed by atoms with Gasteiger partial charge < -0.3 is 24.2 Å². The number of pyridine rings is 1. The molecule has 7 nitrogen and oxygen atoms in total. The van der Waals surface area contributed by atoms with E-state index < -0.39 is 0 Å². The Labute approximate surface area is 179 Å². The molecule has 0 radical (unpaired) electrons. The van der Waals surface area contributed by atoms with Gasteiger partial charge in [-0.15, -0.1) is 0 Å². The quantitative estimate of drug-likeness (QED) is 0.737. The zero-order valence-corrected chi connectivity index (χ0v) is 18.1. The number of carbonyl (C=O) groups excluding carboxylic acids is 1. The summed E-state index contributed by atoms with van der Waals surface area (Å²) in [6.45, 7) is 7.52. The van der Waals surface area contributed by atoms with Crippen LogP contribution in [0.4, 0.5) is 10.5 Å². The molecule has 4 fully saturated rings. The minimum Gasteiger partial charge on any atom is -0.474 e. The first-order valence-electron chi connectivity index (χ1n) is 11.7. The fraction of sp³-hybridized carbons (Fsp3) is 0.739. The molecule has 3 aliphatic heterocycles. The predicted molar refractivity (Wildman–Crippen MR) is 115 cm³/mol. The maximum Gasteiger partial charge on any atom is 0.410 e. The van der Waals surface area contributed by atoms with Crippen molar-refractivity contribution in [2.24, 2.45) is 0 Å². The van der Waals surface area contributed by atoms with Crippen LogP contribution in [0, 0.1) is 0 Å². The molecule has 1 spiro atoms. The lowest BCUT2D eigenvalue weighted by Gasteiger charge is -2.41. The Morgan fingerprint density at radius 3 is 2.47 bits per heavy atom. The summed E-state index contributed by atoms with van der Waals surface area (Å²) in [6.07, 6.45) is 10.1. The van der Waals surface area contributed by atoms with Gasteiger partial charge in [-0.25, -0.2) is 9.78 Å². The standard InChI is InChI=1S/C23H34N4O3/c1-2-25-17-23(30-22(25)28)10-14-27(15-11-23)19-6-7-21(24-16-19)29-20-8-12-26(13-9-20)18-4-3-5-18/h6-7,16,18,20H,2-5,8-15,17H2,1H3. The highest BCUT2D eigenvalue weighted by atomic mass is 16.6. The topological polar surface area (TPSA) is 58.1 Å². The molecule has 164 valence electrons. The van der Waals surface area contributed by atoms with Crippen molar-refractivity contribution in [3.63, 3.8) is 0 Å². The fourth-order valence-electron chi connectivity index (χ4n) is 5.28. The van der Waals surface area contributed by atoms with Crippen molar-refractivity contribution in [1.82, 2.24) is 14.8 Å². The number of likely N-dealkylation sites (N-methyl/N-ethyl adjacent to an activating group) is 1. The molecule has 3 saturated heterocycles. The summed E-state index contributed by atoms with van der Waals surface area (Å²) >= 11 is 0. The highest BCUT2D eigenvalue weighted by Gasteiger charge is 2.46. The lowest BCUT2D eigenvalue weighted by atomic mass is 9.90. The Morgan fingerprint density at radius 1 is 1.13 bits per heavy atom. The van der Waals surface area contributed by atoms with E-state index in [4.69, 9.17) is 9.47 Å². The van der Waals surface area contributed by atoms with Crippen molar-refractivity contribution >= 4 is 11.8 Å². The lowest BCUT2D eigenvalue weighted by Crippen LogP contribution is -2.47. The van der Waals surface area contributed by atoms with Crippen LogP contribution in [0.3, 0.4) is 0 Å². The number of piperidine rings is 2. The Kier molecular flexibility index (Phi) is 5.48. The van der Waals surface area contributed by atoms with Gasteiger partial charge in [0.25, 0.3) is 0 Å². The molecule has 1 aromatic heterocycles. The predicted octanol–water partition coefficient (Wildman–Crippen LogP) is 3.29. The van der Waals surface area contributed by atoms with Gasteiger partial charge in [-0.3, -0.25) is 0 Å². The molecule has 0 bridgehead atoms. The number of carbonyl (C=O) groups is 1. The largest absolute Gasteiger partial charge is 0.474 e.